The number of sulfonamides is 1. The third-order valence-corrected chi connectivity index (χ3v) is 9.91. The summed E-state index contributed by atoms with van der Waals surface area (Å²) in [5.74, 6) is 0.667. The number of anilines is 1. The van der Waals surface area contributed by atoms with Crippen molar-refractivity contribution in [2.45, 2.75) is 44.4 Å². The van der Waals surface area contributed by atoms with Crippen molar-refractivity contribution in [3.63, 3.8) is 0 Å². The van der Waals surface area contributed by atoms with Crippen molar-refractivity contribution >= 4 is 26.1 Å². The summed E-state index contributed by atoms with van der Waals surface area (Å²) < 4.78 is 55.7. The van der Waals surface area contributed by atoms with Crippen molar-refractivity contribution in [1.29, 1.82) is 0 Å². The van der Waals surface area contributed by atoms with Gasteiger partial charge < -0.3 is 4.90 Å². The van der Waals surface area contributed by atoms with E-state index in [-0.39, 0.29) is 4.90 Å². The third-order valence-electron chi connectivity index (χ3n) is 5.84. The van der Waals surface area contributed by atoms with Crippen LogP contribution in [0.5, 0.6) is 0 Å². The van der Waals surface area contributed by atoms with Crippen LogP contribution in [0.2, 0.25) is 0 Å². The SMILES string of the molecule is CCN(CC)S(=O)(=O)c1ccc(N2CCN(S(=O)(=O)N3CCCCCC3)CC2)nc1. The predicted molar refractivity (Wildman–Crippen MR) is 117 cm³/mol. The van der Waals surface area contributed by atoms with Crippen LogP contribution in [0.1, 0.15) is 39.5 Å². The van der Waals surface area contributed by atoms with E-state index in [1.54, 1.807) is 20.7 Å². The molecule has 0 atom stereocenters. The van der Waals surface area contributed by atoms with E-state index in [0.29, 0.717) is 58.2 Å². The Morgan fingerprint density at radius 3 is 1.90 bits per heavy atom. The van der Waals surface area contributed by atoms with Crippen LogP contribution in [0.4, 0.5) is 5.82 Å². The van der Waals surface area contributed by atoms with Crippen molar-refractivity contribution in [3.8, 4) is 0 Å². The van der Waals surface area contributed by atoms with Crippen LogP contribution >= 0.6 is 0 Å². The van der Waals surface area contributed by atoms with E-state index in [1.165, 1.54) is 10.5 Å². The first-order valence-electron chi connectivity index (χ1n) is 10.8. The second-order valence-corrected chi connectivity index (χ2v) is 11.5. The van der Waals surface area contributed by atoms with Gasteiger partial charge in [-0.3, -0.25) is 0 Å². The lowest BCUT2D eigenvalue weighted by Crippen LogP contribution is -2.53. The van der Waals surface area contributed by atoms with Crippen LogP contribution in [0.25, 0.3) is 0 Å². The molecule has 2 fully saturated rings. The lowest BCUT2D eigenvalue weighted by molar-refractivity contribution is 0.327. The maximum atomic E-state index is 13.0. The van der Waals surface area contributed by atoms with Gasteiger partial charge in [0.2, 0.25) is 10.0 Å². The largest absolute Gasteiger partial charge is 0.354 e. The van der Waals surface area contributed by atoms with E-state index in [4.69, 9.17) is 0 Å². The highest BCUT2D eigenvalue weighted by Gasteiger charge is 2.33. The third kappa shape index (κ3) is 4.96. The predicted octanol–water partition coefficient (Wildman–Crippen LogP) is 1.35. The van der Waals surface area contributed by atoms with Gasteiger partial charge in [-0.15, -0.1) is 0 Å². The summed E-state index contributed by atoms with van der Waals surface area (Å²) in [6, 6.07) is 3.28. The van der Waals surface area contributed by atoms with Crippen molar-refractivity contribution in [3.05, 3.63) is 18.3 Å². The van der Waals surface area contributed by atoms with Gasteiger partial charge in [-0.1, -0.05) is 26.7 Å². The lowest BCUT2D eigenvalue weighted by atomic mass is 10.2. The molecule has 3 rings (SSSR count). The van der Waals surface area contributed by atoms with Gasteiger partial charge in [0, 0.05) is 58.6 Å². The molecule has 3 heterocycles. The van der Waals surface area contributed by atoms with Crippen molar-refractivity contribution in [2.24, 2.45) is 0 Å². The minimum Gasteiger partial charge on any atom is -0.354 e. The van der Waals surface area contributed by atoms with Crippen LogP contribution in [-0.4, -0.2) is 87.1 Å². The molecule has 170 valence electrons. The molecular formula is C19H33N5O4S2. The van der Waals surface area contributed by atoms with E-state index in [1.807, 2.05) is 18.7 Å². The molecule has 0 aromatic carbocycles. The normalized spacial score (nSPS) is 20.4. The van der Waals surface area contributed by atoms with Crippen LogP contribution in [-0.2, 0) is 20.2 Å². The number of aromatic nitrogens is 1. The zero-order valence-corrected chi connectivity index (χ0v) is 19.5. The topological polar surface area (TPSA) is 94.1 Å². The van der Waals surface area contributed by atoms with Gasteiger partial charge in [-0.25, -0.2) is 13.4 Å². The Labute approximate surface area is 180 Å². The summed E-state index contributed by atoms with van der Waals surface area (Å²) in [7, 11) is -6.95. The molecule has 9 nitrogen and oxygen atoms in total. The molecule has 0 spiro atoms. The van der Waals surface area contributed by atoms with E-state index in [9.17, 15) is 16.8 Å². The van der Waals surface area contributed by atoms with Gasteiger partial charge in [-0.05, 0) is 25.0 Å². The van der Waals surface area contributed by atoms with Crippen molar-refractivity contribution in [2.75, 3.05) is 57.3 Å². The summed E-state index contributed by atoms with van der Waals surface area (Å²) in [4.78, 5) is 6.53. The summed E-state index contributed by atoms with van der Waals surface area (Å²) in [5.41, 5.74) is 0. The van der Waals surface area contributed by atoms with Crippen LogP contribution in [0, 0.1) is 0 Å². The molecule has 0 radical (unpaired) electrons. The molecule has 0 N–H and O–H groups in total. The van der Waals surface area contributed by atoms with Crippen LogP contribution < -0.4 is 4.90 Å². The fourth-order valence-electron chi connectivity index (χ4n) is 4.01. The van der Waals surface area contributed by atoms with Gasteiger partial charge in [0.15, 0.2) is 0 Å². The quantitative estimate of drug-likeness (QED) is 0.611. The first kappa shape index (κ1) is 23.4. The molecule has 0 saturated carbocycles. The van der Waals surface area contributed by atoms with Crippen LogP contribution in [0.15, 0.2) is 23.2 Å². The molecular weight excluding hydrogens is 426 g/mol. The van der Waals surface area contributed by atoms with Crippen molar-refractivity contribution in [1.82, 2.24) is 17.9 Å². The zero-order valence-electron chi connectivity index (χ0n) is 17.9. The van der Waals surface area contributed by atoms with E-state index < -0.39 is 20.2 Å². The Morgan fingerprint density at radius 2 is 1.40 bits per heavy atom. The molecule has 1 aromatic rings. The second-order valence-electron chi connectivity index (χ2n) is 7.65. The molecule has 30 heavy (non-hydrogen) atoms. The number of piperazine rings is 1. The van der Waals surface area contributed by atoms with Gasteiger partial charge >= 0.3 is 0 Å². The smallest absolute Gasteiger partial charge is 0.282 e. The Kier molecular flexibility index (Phi) is 7.72. The highest BCUT2D eigenvalue weighted by molar-refractivity contribution is 7.89. The highest BCUT2D eigenvalue weighted by atomic mass is 32.2. The number of hydrogen-bond acceptors (Lipinski definition) is 6. The Bertz CT molecular complexity index is 885. The summed E-state index contributed by atoms with van der Waals surface area (Å²) in [6.45, 7) is 7.51. The summed E-state index contributed by atoms with van der Waals surface area (Å²) in [6.07, 6.45) is 5.41. The Balaban J connectivity index is 1.64. The minimum atomic E-state index is -3.53. The maximum Gasteiger partial charge on any atom is 0.282 e. The molecule has 0 amide bonds. The van der Waals surface area contributed by atoms with Crippen molar-refractivity contribution < 1.29 is 16.8 Å². The monoisotopic (exact) mass is 459 g/mol. The molecule has 0 aliphatic carbocycles. The molecule has 11 heteroatoms. The first-order valence-corrected chi connectivity index (χ1v) is 13.6. The average Bonchev–Trinajstić information content (AvgIpc) is 3.05. The van der Waals surface area contributed by atoms with Gasteiger partial charge in [0.25, 0.3) is 10.2 Å². The fraction of sp³-hybridized carbons (Fsp3) is 0.737. The molecule has 0 bridgehead atoms. The number of rotatable bonds is 7. The standard InChI is InChI=1S/C19H33N5O4S2/c1-3-22(4-2)29(25,26)18-9-10-19(20-17-18)21-13-15-24(16-14-21)30(27,28)23-11-7-5-6-8-12-23/h9-10,17H,3-8,11-16H2,1-2H3. The summed E-state index contributed by atoms with van der Waals surface area (Å²) >= 11 is 0. The fourth-order valence-corrected chi connectivity index (χ4v) is 7.08. The minimum absolute atomic E-state index is 0.178. The van der Waals surface area contributed by atoms with Gasteiger partial charge in [0.05, 0.1) is 0 Å². The highest BCUT2D eigenvalue weighted by Crippen LogP contribution is 2.22. The number of pyridine rings is 1. The maximum absolute atomic E-state index is 13.0. The van der Waals surface area contributed by atoms with Gasteiger partial charge in [-0.2, -0.15) is 21.3 Å². The Hall–Kier alpha value is -1.27. The average molecular weight is 460 g/mol. The van der Waals surface area contributed by atoms with Gasteiger partial charge in [0.1, 0.15) is 10.7 Å². The zero-order chi connectivity index (χ0) is 21.8. The van der Waals surface area contributed by atoms with E-state index in [0.717, 1.165) is 25.7 Å². The molecule has 2 saturated heterocycles. The number of nitrogens with zero attached hydrogens (tertiary/aromatic N) is 5. The Morgan fingerprint density at radius 1 is 0.833 bits per heavy atom. The molecule has 2 aliphatic rings. The summed E-state index contributed by atoms with van der Waals surface area (Å²) in [5, 5.41) is 0. The van der Waals surface area contributed by atoms with E-state index in [2.05, 4.69) is 4.98 Å². The first-order chi connectivity index (χ1) is 14.3. The molecule has 0 unspecified atom stereocenters. The lowest BCUT2D eigenvalue weighted by Gasteiger charge is -2.37. The second kappa shape index (κ2) is 9.90. The van der Waals surface area contributed by atoms with Crippen LogP contribution in [0.3, 0.4) is 0 Å². The molecule has 2 aliphatic heterocycles. The molecule has 1 aromatic heterocycles. The van der Waals surface area contributed by atoms with E-state index >= 15 is 0 Å². The number of hydrogen-bond donors (Lipinski definition) is 0.